The normalized spacial score (nSPS) is 14.8. The molecule has 0 saturated heterocycles. The molecule has 1 aliphatic heterocycles. The molecule has 1 atom stereocenters. The van der Waals surface area contributed by atoms with E-state index in [1.54, 1.807) is 0 Å². The van der Waals surface area contributed by atoms with Gasteiger partial charge in [-0.25, -0.2) is 0 Å². The van der Waals surface area contributed by atoms with Crippen molar-refractivity contribution in [2.24, 2.45) is 4.99 Å². The van der Waals surface area contributed by atoms with Crippen molar-refractivity contribution in [1.82, 2.24) is 4.57 Å². The summed E-state index contributed by atoms with van der Waals surface area (Å²) < 4.78 is 5.06. The highest BCUT2D eigenvalue weighted by Gasteiger charge is 2.23. The fourth-order valence-electron chi connectivity index (χ4n) is 6.48. The minimum atomic E-state index is -0.0431. The summed E-state index contributed by atoms with van der Waals surface area (Å²) in [5.74, 6) is 0.891. The van der Waals surface area contributed by atoms with Gasteiger partial charge in [0, 0.05) is 53.4 Å². The van der Waals surface area contributed by atoms with Crippen LogP contribution in [-0.2, 0) is 0 Å². The number of benzene rings is 6. The smallest absolute Gasteiger partial charge is 0.133 e. The van der Waals surface area contributed by atoms with E-state index in [2.05, 4.69) is 149 Å². The number of anilines is 1. The van der Waals surface area contributed by atoms with Crippen LogP contribution in [0.3, 0.4) is 0 Å². The molecule has 2 aromatic heterocycles. The molecule has 198 valence electrons. The van der Waals surface area contributed by atoms with Gasteiger partial charge in [0.05, 0.1) is 11.0 Å². The van der Waals surface area contributed by atoms with Crippen molar-refractivity contribution < 1.29 is 0 Å². The molecule has 3 nitrogen and oxygen atoms in total. The molecule has 4 heteroatoms. The second-order valence-electron chi connectivity index (χ2n) is 10.9. The summed E-state index contributed by atoms with van der Waals surface area (Å²) in [4.78, 5) is 5.21. The molecule has 0 spiro atoms. The fourth-order valence-corrected chi connectivity index (χ4v) is 7.60. The highest BCUT2D eigenvalue weighted by atomic mass is 32.1. The summed E-state index contributed by atoms with van der Waals surface area (Å²) in [5, 5.41) is 8.80. The van der Waals surface area contributed by atoms with Gasteiger partial charge in [-0.2, -0.15) is 0 Å². The molecule has 0 radical (unpaired) electrons. The van der Waals surface area contributed by atoms with E-state index >= 15 is 0 Å². The molecule has 42 heavy (non-hydrogen) atoms. The van der Waals surface area contributed by atoms with Gasteiger partial charge in [-0.05, 0) is 60.2 Å². The third-order valence-corrected chi connectivity index (χ3v) is 9.59. The van der Waals surface area contributed by atoms with Crippen LogP contribution in [0.25, 0.3) is 47.7 Å². The Morgan fingerprint density at radius 1 is 0.571 bits per heavy atom. The SMILES string of the molecule is c1ccc(C2N=C(c3ccc(-n4c5ccccc5c5cc6sc7ccccc7c6cc54)cc3)Nc3ccccc32)cc1. The van der Waals surface area contributed by atoms with Crippen LogP contribution < -0.4 is 5.32 Å². The Bertz CT molecular complexity index is 2320. The molecule has 9 rings (SSSR count). The lowest BCUT2D eigenvalue weighted by atomic mass is 9.95. The topological polar surface area (TPSA) is 29.3 Å². The molecular formula is C38H25N3S. The summed E-state index contributed by atoms with van der Waals surface area (Å²) in [7, 11) is 0. The third-order valence-electron chi connectivity index (χ3n) is 8.45. The Balaban J connectivity index is 1.19. The van der Waals surface area contributed by atoms with Gasteiger partial charge < -0.3 is 9.88 Å². The number of fused-ring (bicyclic) bond motifs is 7. The Morgan fingerprint density at radius 2 is 1.31 bits per heavy atom. The monoisotopic (exact) mass is 555 g/mol. The van der Waals surface area contributed by atoms with E-state index in [9.17, 15) is 0 Å². The van der Waals surface area contributed by atoms with Crippen LogP contribution in [0.2, 0.25) is 0 Å². The largest absolute Gasteiger partial charge is 0.340 e. The van der Waals surface area contributed by atoms with E-state index in [-0.39, 0.29) is 6.04 Å². The molecule has 0 aliphatic carbocycles. The second-order valence-corrected chi connectivity index (χ2v) is 12.0. The van der Waals surface area contributed by atoms with E-state index in [0.29, 0.717) is 0 Å². The van der Waals surface area contributed by atoms with E-state index in [4.69, 9.17) is 4.99 Å². The fraction of sp³-hybridized carbons (Fsp3) is 0.0263. The standard InChI is InChI=1S/C38H25N3S/c1-2-10-24(11-3-1)37-29-14-4-7-15-32(29)39-38(40-37)25-18-20-26(21-19-25)41-33-16-8-5-12-27(33)30-23-36-31(22-34(30)41)28-13-6-9-17-35(28)42-36/h1-23,37H,(H,39,40). The Kier molecular flexibility index (Phi) is 5.13. The number of rotatable bonds is 3. The zero-order valence-corrected chi connectivity index (χ0v) is 23.5. The van der Waals surface area contributed by atoms with Crippen molar-refractivity contribution in [3.8, 4) is 5.69 Å². The number of thiophene rings is 1. The first-order chi connectivity index (χ1) is 20.8. The number of nitrogens with zero attached hydrogens (tertiary/aromatic N) is 2. The van der Waals surface area contributed by atoms with Crippen molar-refractivity contribution in [2.75, 3.05) is 5.32 Å². The maximum absolute atomic E-state index is 5.21. The van der Waals surface area contributed by atoms with Crippen LogP contribution in [0.5, 0.6) is 0 Å². The van der Waals surface area contributed by atoms with Crippen molar-refractivity contribution in [3.05, 3.63) is 156 Å². The van der Waals surface area contributed by atoms with Gasteiger partial charge in [-0.3, -0.25) is 4.99 Å². The van der Waals surface area contributed by atoms with Crippen molar-refractivity contribution in [2.45, 2.75) is 6.04 Å². The number of nitrogens with one attached hydrogen (secondary N) is 1. The van der Waals surface area contributed by atoms with Crippen LogP contribution >= 0.6 is 11.3 Å². The summed E-state index contributed by atoms with van der Waals surface area (Å²) in [5.41, 5.74) is 8.15. The molecule has 0 saturated carbocycles. The van der Waals surface area contributed by atoms with Crippen LogP contribution in [0.4, 0.5) is 5.69 Å². The molecule has 0 amide bonds. The number of hydrogen-bond acceptors (Lipinski definition) is 3. The minimum absolute atomic E-state index is 0.0431. The maximum atomic E-state index is 5.21. The van der Waals surface area contributed by atoms with Gasteiger partial charge in [-0.1, -0.05) is 84.9 Å². The molecule has 1 N–H and O–H groups in total. The van der Waals surface area contributed by atoms with Gasteiger partial charge in [0.25, 0.3) is 0 Å². The Labute approximate surface area is 247 Å². The number of hydrogen-bond donors (Lipinski definition) is 1. The van der Waals surface area contributed by atoms with Crippen molar-refractivity contribution in [3.63, 3.8) is 0 Å². The number of aliphatic imine (C=N–C) groups is 1. The lowest BCUT2D eigenvalue weighted by molar-refractivity contribution is 0.863. The van der Waals surface area contributed by atoms with Crippen LogP contribution in [0, 0.1) is 0 Å². The van der Waals surface area contributed by atoms with E-state index in [0.717, 1.165) is 22.8 Å². The first-order valence-corrected chi connectivity index (χ1v) is 15.1. The van der Waals surface area contributed by atoms with Crippen LogP contribution in [-0.4, -0.2) is 10.4 Å². The van der Waals surface area contributed by atoms with Crippen molar-refractivity contribution in [1.29, 1.82) is 0 Å². The maximum Gasteiger partial charge on any atom is 0.133 e. The van der Waals surface area contributed by atoms with Gasteiger partial charge in [0.2, 0.25) is 0 Å². The molecule has 0 bridgehead atoms. The summed E-state index contributed by atoms with van der Waals surface area (Å²) in [6, 6.07) is 50.0. The molecule has 6 aromatic carbocycles. The number of aromatic nitrogens is 1. The summed E-state index contributed by atoms with van der Waals surface area (Å²) >= 11 is 1.87. The quantitative estimate of drug-likeness (QED) is 0.231. The highest BCUT2D eigenvalue weighted by molar-refractivity contribution is 7.25. The summed E-state index contributed by atoms with van der Waals surface area (Å²) in [6.07, 6.45) is 0. The zero-order valence-electron chi connectivity index (χ0n) is 22.7. The highest BCUT2D eigenvalue weighted by Crippen LogP contribution is 2.41. The lowest BCUT2D eigenvalue weighted by Gasteiger charge is -2.26. The first-order valence-electron chi connectivity index (χ1n) is 14.3. The third kappa shape index (κ3) is 3.55. The molecule has 1 aliphatic rings. The average Bonchev–Trinajstić information content (AvgIpc) is 3.58. The van der Waals surface area contributed by atoms with Gasteiger partial charge >= 0.3 is 0 Å². The van der Waals surface area contributed by atoms with Gasteiger partial charge in [0.15, 0.2) is 0 Å². The molecular weight excluding hydrogens is 531 g/mol. The predicted octanol–water partition coefficient (Wildman–Crippen LogP) is 10.1. The summed E-state index contributed by atoms with van der Waals surface area (Å²) in [6.45, 7) is 0. The predicted molar refractivity (Wildman–Crippen MR) is 179 cm³/mol. The lowest BCUT2D eigenvalue weighted by Crippen LogP contribution is -2.22. The number of para-hydroxylation sites is 2. The average molecular weight is 556 g/mol. The van der Waals surface area contributed by atoms with E-state index < -0.39 is 0 Å². The van der Waals surface area contributed by atoms with E-state index in [1.807, 2.05) is 11.3 Å². The zero-order chi connectivity index (χ0) is 27.6. The van der Waals surface area contributed by atoms with Gasteiger partial charge in [-0.15, -0.1) is 11.3 Å². The van der Waals surface area contributed by atoms with Crippen LogP contribution in [0.1, 0.15) is 22.7 Å². The minimum Gasteiger partial charge on any atom is -0.340 e. The number of amidine groups is 1. The Morgan fingerprint density at radius 3 is 2.19 bits per heavy atom. The molecule has 1 unspecified atom stereocenters. The second kappa shape index (κ2) is 9.16. The molecule has 0 fully saturated rings. The van der Waals surface area contributed by atoms with Crippen LogP contribution in [0.15, 0.2) is 145 Å². The van der Waals surface area contributed by atoms with Gasteiger partial charge in [0.1, 0.15) is 11.9 Å². The molecule has 8 aromatic rings. The first kappa shape index (κ1) is 23.5. The molecule has 3 heterocycles. The van der Waals surface area contributed by atoms with Crippen molar-refractivity contribution >= 4 is 64.8 Å². The Hall–Kier alpha value is -5.19. The van der Waals surface area contributed by atoms with E-state index in [1.165, 1.54) is 53.1 Å².